The number of carbonyl (C=O) groups is 1. The van der Waals surface area contributed by atoms with Crippen molar-refractivity contribution in [3.8, 4) is 11.1 Å². The molecule has 6 heteroatoms. The average molecular weight is 638 g/mol. The van der Waals surface area contributed by atoms with Gasteiger partial charge in [0.2, 0.25) is 0 Å². The Kier molecular flexibility index (Phi) is 21.2. The van der Waals surface area contributed by atoms with Crippen molar-refractivity contribution in [2.24, 2.45) is 0 Å². The summed E-state index contributed by atoms with van der Waals surface area (Å²) in [5.74, 6) is 0.0747. The van der Waals surface area contributed by atoms with Gasteiger partial charge in [0, 0.05) is 25.7 Å². The zero-order chi connectivity index (χ0) is 32.3. The highest BCUT2D eigenvalue weighted by atomic mass is 16.6. The Morgan fingerprint density at radius 2 is 0.957 bits per heavy atom. The lowest BCUT2D eigenvalue weighted by molar-refractivity contribution is 0.0135. The maximum atomic E-state index is 12.3. The molecule has 0 radical (unpaired) electrons. The summed E-state index contributed by atoms with van der Waals surface area (Å²) < 4.78 is 22.5. The number of amides is 1. The Balaban J connectivity index is 1.00. The van der Waals surface area contributed by atoms with Gasteiger partial charge in [0.05, 0.1) is 26.4 Å². The van der Waals surface area contributed by atoms with Crippen LogP contribution in [0.5, 0.6) is 0 Å². The summed E-state index contributed by atoms with van der Waals surface area (Å²) in [7, 11) is 0. The van der Waals surface area contributed by atoms with Gasteiger partial charge in [0.25, 0.3) is 0 Å². The first-order chi connectivity index (χ1) is 22.8. The normalized spacial score (nSPS) is 12.3. The first-order valence-electron chi connectivity index (χ1n) is 18.6. The molecular formula is C40H63NO5. The number of unbranched alkanes of at least 4 members (excludes halogenated alkanes) is 15. The molecule has 0 bridgehead atoms. The van der Waals surface area contributed by atoms with Gasteiger partial charge in [0.1, 0.15) is 6.61 Å². The number of nitrogens with one attached hydrogen (secondary N) is 1. The minimum Gasteiger partial charge on any atom is -0.449 e. The van der Waals surface area contributed by atoms with Crippen molar-refractivity contribution in [3.05, 3.63) is 59.7 Å². The summed E-state index contributed by atoms with van der Waals surface area (Å²) in [6.07, 6.45) is 22.5. The molecule has 0 unspecified atom stereocenters. The molecule has 1 amide bonds. The van der Waals surface area contributed by atoms with Crippen LogP contribution in [0, 0.1) is 0 Å². The van der Waals surface area contributed by atoms with Gasteiger partial charge >= 0.3 is 6.09 Å². The second kappa shape index (κ2) is 25.7. The molecule has 3 rings (SSSR count). The molecule has 1 aliphatic carbocycles. The van der Waals surface area contributed by atoms with Crippen LogP contribution < -0.4 is 5.32 Å². The molecule has 0 fully saturated rings. The Morgan fingerprint density at radius 3 is 1.46 bits per heavy atom. The third-order valence-electron chi connectivity index (χ3n) is 8.96. The zero-order valence-electron chi connectivity index (χ0n) is 28.9. The predicted molar refractivity (Wildman–Crippen MR) is 190 cm³/mol. The van der Waals surface area contributed by atoms with Crippen molar-refractivity contribution < 1.29 is 23.7 Å². The van der Waals surface area contributed by atoms with E-state index in [1.54, 1.807) is 0 Å². The lowest BCUT2D eigenvalue weighted by Gasteiger charge is -2.14. The maximum Gasteiger partial charge on any atom is 0.407 e. The van der Waals surface area contributed by atoms with Gasteiger partial charge in [-0.15, -0.1) is 0 Å². The van der Waals surface area contributed by atoms with Crippen molar-refractivity contribution in [2.45, 2.75) is 122 Å². The molecule has 1 aliphatic rings. The van der Waals surface area contributed by atoms with Crippen LogP contribution in [0.1, 0.15) is 133 Å². The third-order valence-corrected chi connectivity index (χ3v) is 8.96. The topological polar surface area (TPSA) is 66.0 Å². The van der Waals surface area contributed by atoms with Crippen LogP contribution in [0.25, 0.3) is 11.1 Å². The monoisotopic (exact) mass is 637 g/mol. The number of fused-ring (bicyclic) bond motifs is 3. The van der Waals surface area contributed by atoms with Crippen molar-refractivity contribution >= 4 is 6.09 Å². The van der Waals surface area contributed by atoms with Crippen molar-refractivity contribution in [1.82, 2.24) is 5.32 Å². The summed E-state index contributed by atoms with van der Waals surface area (Å²) in [4.78, 5) is 12.3. The second-order valence-electron chi connectivity index (χ2n) is 12.7. The Labute approximate surface area is 280 Å². The summed E-state index contributed by atoms with van der Waals surface area (Å²) >= 11 is 0. The summed E-state index contributed by atoms with van der Waals surface area (Å²) in [5, 5.41) is 2.83. The molecule has 2 aromatic carbocycles. The smallest absolute Gasteiger partial charge is 0.407 e. The molecule has 2 aromatic rings. The SMILES string of the molecule is CCCCCCCCCCCCCCCCCCOCCOCCOCCCNC(=O)OCC1c2ccccc2-c2ccccc21. The fourth-order valence-electron chi connectivity index (χ4n) is 6.31. The molecule has 258 valence electrons. The number of benzene rings is 2. The van der Waals surface area contributed by atoms with Crippen LogP contribution in [0.2, 0.25) is 0 Å². The summed E-state index contributed by atoms with van der Waals surface area (Å²) in [5.41, 5.74) is 4.89. The highest BCUT2D eigenvalue weighted by Gasteiger charge is 2.28. The quantitative estimate of drug-likeness (QED) is 0.0899. The van der Waals surface area contributed by atoms with Gasteiger partial charge in [-0.3, -0.25) is 0 Å². The predicted octanol–water partition coefficient (Wildman–Crippen LogP) is 10.2. The van der Waals surface area contributed by atoms with Crippen LogP contribution >= 0.6 is 0 Å². The van der Waals surface area contributed by atoms with E-state index in [9.17, 15) is 4.79 Å². The first-order valence-corrected chi connectivity index (χ1v) is 18.6. The van der Waals surface area contributed by atoms with E-state index >= 15 is 0 Å². The maximum absolute atomic E-state index is 12.3. The number of carbonyl (C=O) groups excluding carboxylic acids is 1. The molecular weight excluding hydrogens is 574 g/mol. The number of alkyl carbamates (subject to hydrolysis) is 1. The average Bonchev–Trinajstić information content (AvgIpc) is 3.40. The van der Waals surface area contributed by atoms with E-state index in [1.807, 2.05) is 12.1 Å². The van der Waals surface area contributed by atoms with E-state index < -0.39 is 0 Å². The molecule has 0 saturated carbocycles. The lowest BCUT2D eigenvalue weighted by atomic mass is 9.98. The Morgan fingerprint density at radius 1 is 0.543 bits per heavy atom. The largest absolute Gasteiger partial charge is 0.449 e. The summed E-state index contributed by atoms with van der Waals surface area (Å²) in [6.45, 7) is 6.88. The van der Waals surface area contributed by atoms with Crippen LogP contribution in [-0.4, -0.2) is 58.9 Å². The van der Waals surface area contributed by atoms with E-state index in [-0.39, 0.29) is 12.0 Å². The second-order valence-corrected chi connectivity index (χ2v) is 12.7. The van der Waals surface area contributed by atoms with Gasteiger partial charge in [-0.05, 0) is 35.1 Å². The minimum absolute atomic E-state index is 0.0747. The molecule has 6 nitrogen and oxygen atoms in total. The number of ether oxygens (including phenoxy) is 4. The van der Waals surface area contributed by atoms with E-state index in [0.717, 1.165) is 19.4 Å². The molecule has 46 heavy (non-hydrogen) atoms. The van der Waals surface area contributed by atoms with E-state index in [1.165, 1.54) is 119 Å². The summed E-state index contributed by atoms with van der Waals surface area (Å²) in [6, 6.07) is 16.7. The Bertz CT molecular complexity index is 998. The lowest BCUT2D eigenvalue weighted by Crippen LogP contribution is -2.27. The molecule has 0 atom stereocenters. The standard InChI is InChI=1S/C40H63NO5/c1-2-3-4-5-6-7-8-9-10-11-12-13-14-15-16-21-28-43-30-32-45-33-31-44-29-22-27-41-40(42)46-34-39-37-25-19-17-23-35(37)36-24-18-20-26-38(36)39/h17-20,23-26,39H,2-16,21-22,27-34H2,1H3,(H,41,42). The zero-order valence-corrected chi connectivity index (χ0v) is 28.9. The van der Waals surface area contributed by atoms with Crippen molar-refractivity contribution in [2.75, 3.05) is 52.8 Å². The van der Waals surface area contributed by atoms with Crippen LogP contribution in [0.3, 0.4) is 0 Å². The van der Waals surface area contributed by atoms with Gasteiger partial charge in [-0.25, -0.2) is 4.79 Å². The fourth-order valence-corrected chi connectivity index (χ4v) is 6.31. The number of hydrogen-bond acceptors (Lipinski definition) is 5. The highest BCUT2D eigenvalue weighted by molar-refractivity contribution is 5.79. The molecule has 0 aliphatic heterocycles. The van der Waals surface area contributed by atoms with E-state index in [2.05, 4.69) is 48.6 Å². The van der Waals surface area contributed by atoms with Crippen LogP contribution in [-0.2, 0) is 18.9 Å². The molecule has 1 N–H and O–H groups in total. The Hall–Kier alpha value is -2.41. The van der Waals surface area contributed by atoms with Crippen molar-refractivity contribution in [3.63, 3.8) is 0 Å². The highest BCUT2D eigenvalue weighted by Crippen LogP contribution is 2.44. The molecule has 0 spiro atoms. The van der Waals surface area contributed by atoms with Crippen LogP contribution in [0.4, 0.5) is 4.79 Å². The van der Waals surface area contributed by atoms with Gasteiger partial charge < -0.3 is 24.3 Å². The van der Waals surface area contributed by atoms with Gasteiger partial charge in [-0.1, -0.05) is 152 Å². The number of rotatable bonds is 29. The van der Waals surface area contributed by atoms with E-state index in [0.29, 0.717) is 46.2 Å². The molecule has 0 aromatic heterocycles. The van der Waals surface area contributed by atoms with Crippen LogP contribution in [0.15, 0.2) is 48.5 Å². The number of hydrogen-bond donors (Lipinski definition) is 1. The fraction of sp³-hybridized carbons (Fsp3) is 0.675. The third kappa shape index (κ3) is 15.9. The minimum atomic E-state index is -0.384. The van der Waals surface area contributed by atoms with Gasteiger partial charge in [0.15, 0.2) is 0 Å². The first kappa shape index (κ1) is 38.0. The van der Waals surface area contributed by atoms with Crippen molar-refractivity contribution in [1.29, 1.82) is 0 Å². The molecule has 0 saturated heterocycles. The molecule has 0 heterocycles. The van der Waals surface area contributed by atoms with Gasteiger partial charge in [-0.2, -0.15) is 0 Å². The van der Waals surface area contributed by atoms with E-state index in [4.69, 9.17) is 18.9 Å².